The van der Waals surface area contributed by atoms with Gasteiger partial charge >= 0.3 is 0 Å². The molecule has 25 heavy (non-hydrogen) atoms. The number of carbonyl (C=O) groups is 1. The summed E-state index contributed by atoms with van der Waals surface area (Å²) in [6, 6.07) is 10.5. The maximum atomic E-state index is 12.9. The molecule has 1 unspecified atom stereocenters. The number of hydrogen-bond acceptors (Lipinski definition) is 6. The Morgan fingerprint density at radius 1 is 1.24 bits per heavy atom. The average Bonchev–Trinajstić information content (AvgIpc) is 2.67. The van der Waals surface area contributed by atoms with Crippen molar-refractivity contribution < 1.29 is 19.0 Å². The van der Waals surface area contributed by atoms with Gasteiger partial charge < -0.3 is 24.8 Å². The fraction of sp³-hybridized carbons (Fsp3) is 0.333. The molecule has 0 bridgehead atoms. The van der Waals surface area contributed by atoms with E-state index in [9.17, 15) is 4.79 Å². The number of hydrogen-bond donors (Lipinski definition) is 1. The minimum Gasteiger partial charge on any atom is -0.497 e. The van der Waals surface area contributed by atoms with Gasteiger partial charge in [0.05, 0.1) is 33.1 Å². The van der Waals surface area contributed by atoms with Crippen LogP contribution in [0.2, 0.25) is 0 Å². The third-order valence-corrected chi connectivity index (χ3v) is 4.07. The molecule has 1 fully saturated rings. The largest absolute Gasteiger partial charge is 0.497 e. The summed E-state index contributed by atoms with van der Waals surface area (Å²) in [5.74, 6) is 1.48. The van der Waals surface area contributed by atoms with E-state index in [2.05, 4.69) is 4.98 Å². The maximum absolute atomic E-state index is 12.9. The van der Waals surface area contributed by atoms with Crippen LogP contribution in [0.4, 0.5) is 5.82 Å². The number of morpholine rings is 1. The van der Waals surface area contributed by atoms with Crippen molar-refractivity contribution in [2.45, 2.75) is 6.10 Å². The normalized spacial score (nSPS) is 17.2. The lowest BCUT2D eigenvalue weighted by Crippen LogP contribution is -2.42. The molecule has 7 nitrogen and oxygen atoms in total. The highest BCUT2D eigenvalue weighted by Crippen LogP contribution is 2.26. The molecular formula is C18H21N3O4. The zero-order valence-corrected chi connectivity index (χ0v) is 14.3. The molecule has 1 amide bonds. The number of ether oxygens (including phenoxy) is 3. The van der Waals surface area contributed by atoms with Crippen LogP contribution in [0.25, 0.3) is 0 Å². The molecule has 2 heterocycles. The monoisotopic (exact) mass is 343 g/mol. The van der Waals surface area contributed by atoms with E-state index in [4.69, 9.17) is 19.9 Å². The predicted molar refractivity (Wildman–Crippen MR) is 92.8 cm³/mol. The van der Waals surface area contributed by atoms with Crippen LogP contribution in [0.15, 0.2) is 36.4 Å². The quantitative estimate of drug-likeness (QED) is 0.912. The molecule has 0 aliphatic carbocycles. The summed E-state index contributed by atoms with van der Waals surface area (Å²) in [5.41, 5.74) is 6.97. The van der Waals surface area contributed by atoms with Crippen LogP contribution in [0.1, 0.15) is 22.2 Å². The first kappa shape index (κ1) is 17.0. The summed E-state index contributed by atoms with van der Waals surface area (Å²) in [5, 5.41) is 0. The molecule has 1 aromatic carbocycles. The Labute approximate surface area is 146 Å². The van der Waals surface area contributed by atoms with Gasteiger partial charge in [0, 0.05) is 18.2 Å². The number of anilines is 1. The topological polar surface area (TPSA) is 86.9 Å². The Morgan fingerprint density at radius 2 is 1.96 bits per heavy atom. The van der Waals surface area contributed by atoms with Crippen molar-refractivity contribution in [3.8, 4) is 11.5 Å². The van der Waals surface area contributed by atoms with E-state index in [-0.39, 0.29) is 12.0 Å². The number of aromatic nitrogens is 1. The molecule has 1 saturated heterocycles. The molecule has 0 spiro atoms. The van der Waals surface area contributed by atoms with Gasteiger partial charge in [0.15, 0.2) is 0 Å². The van der Waals surface area contributed by atoms with E-state index in [1.54, 1.807) is 43.4 Å². The first-order valence-electron chi connectivity index (χ1n) is 7.97. The lowest BCUT2D eigenvalue weighted by Gasteiger charge is -2.33. The number of pyridine rings is 1. The first-order chi connectivity index (χ1) is 12.1. The van der Waals surface area contributed by atoms with Crippen LogP contribution in [0, 0.1) is 0 Å². The molecule has 132 valence electrons. The Morgan fingerprint density at radius 3 is 2.60 bits per heavy atom. The van der Waals surface area contributed by atoms with E-state index < -0.39 is 0 Å². The Balaban J connectivity index is 1.80. The second-order valence-corrected chi connectivity index (χ2v) is 5.70. The smallest absolute Gasteiger partial charge is 0.254 e. The minimum absolute atomic E-state index is 0.102. The summed E-state index contributed by atoms with van der Waals surface area (Å²) in [6.07, 6.45) is -0.297. The molecule has 1 atom stereocenters. The molecule has 1 aromatic heterocycles. The molecule has 2 N–H and O–H groups in total. The third-order valence-electron chi connectivity index (χ3n) is 4.07. The molecule has 0 radical (unpaired) electrons. The van der Waals surface area contributed by atoms with Crippen LogP contribution in [0.3, 0.4) is 0 Å². The number of amides is 1. The summed E-state index contributed by atoms with van der Waals surface area (Å²) in [4.78, 5) is 18.9. The van der Waals surface area contributed by atoms with Crippen LogP contribution in [0.5, 0.6) is 11.5 Å². The molecule has 1 aliphatic heterocycles. The van der Waals surface area contributed by atoms with Gasteiger partial charge in [0.25, 0.3) is 5.91 Å². The van der Waals surface area contributed by atoms with E-state index >= 15 is 0 Å². The second kappa shape index (κ2) is 7.40. The van der Waals surface area contributed by atoms with Crippen molar-refractivity contribution in [3.05, 3.63) is 47.7 Å². The predicted octanol–water partition coefficient (Wildman–Crippen LogP) is 1.89. The number of carbonyl (C=O) groups excluding carboxylic acids is 1. The van der Waals surface area contributed by atoms with Gasteiger partial charge in [0.2, 0.25) is 0 Å². The number of nitrogens with two attached hydrogens (primary N) is 1. The lowest BCUT2D eigenvalue weighted by molar-refractivity contribution is -0.0246. The summed E-state index contributed by atoms with van der Waals surface area (Å²) in [6.45, 7) is 1.36. The van der Waals surface area contributed by atoms with Crippen molar-refractivity contribution in [3.63, 3.8) is 0 Å². The van der Waals surface area contributed by atoms with Gasteiger partial charge in [-0.2, -0.15) is 0 Å². The van der Waals surface area contributed by atoms with Crippen molar-refractivity contribution >= 4 is 11.7 Å². The van der Waals surface area contributed by atoms with Crippen molar-refractivity contribution in [2.24, 2.45) is 0 Å². The maximum Gasteiger partial charge on any atom is 0.254 e. The number of nitrogen functional groups attached to an aromatic ring is 1. The Hall–Kier alpha value is -2.80. The molecule has 0 saturated carbocycles. The van der Waals surface area contributed by atoms with Gasteiger partial charge in [-0.05, 0) is 24.3 Å². The molecular weight excluding hydrogens is 322 g/mol. The van der Waals surface area contributed by atoms with E-state index in [0.29, 0.717) is 42.6 Å². The number of methoxy groups -OCH3 is 2. The van der Waals surface area contributed by atoms with Crippen molar-refractivity contribution in [2.75, 3.05) is 39.6 Å². The van der Waals surface area contributed by atoms with E-state index in [0.717, 1.165) is 5.69 Å². The average molecular weight is 343 g/mol. The van der Waals surface area contributed by atoms with Gasteiger partial charge in [-0.15, -0.1) is 0 Å². The van der Waals surface area contributed by atoms with Gasteiger partial charge in [-0.1, -0.05) is 6.07 Å². The van der Waals surface area contributed by atoms with Crippen molar-refractivity contribution in [1.82, 2.24) is 9.88 Å². The van der Waals surface area contributed by atoms with Gasteiger partial charge in [-0.3, -0.25) is 4.79 Å². The lowest BCUT2D eigenvalue weighted by atomic mass is 10.1. The zero-order valence-electron chi connectivity index (χ0n) is 14.3. The highest BCUT2D eigenvalue weighted by molar-refractivity contribution is 5.95. The van der Waals surface area contributed by atoms with Crippen LogP contribution < -0.4 is 15.2 Å². The Kier molecular flexibility index (Phi) is 5.04. The summed E-state index contributed by atoms with van der Waals surface area (Å²) in [7, 11) is 3.11. The summed E-state index contributed by atoms with van der Waals surface area (Å²) >= 11 is 0. The number of nitrogens with zero attached hydrogens (tertiary/aromatic N) is 2. The van der Waals surface area contributed by atoms with Crippen LogP contribution >= 0.6 is 0 Å². The van der Waals surface area contributed by atoms with Gasteiger partial charge in [0.1, 0.15) is 23.4 Å². The first-order valence-corrected chi connectivity index (χ1v) is 7.97. The van der Waals surface area contributed by atoms with Crippen LogP contribution in [-0.4, -0.2) is 49.7 Å². The van der Waals surface area contributed by atoms with Gasteiger partial charge in [-0.25, -0.2) is 4.98 Å². The molecule has 1 aliphatic rings. The molecule has 2 aromatic rings. The fourth-order valence-electron chi connectivity index (χ4n) is 2.77. The van der Waals surface area contributed by atoms with Crippen LogP contribution in [-0.2, 0) is 4.74 Å². The SMILES string of the molecule is COc1cc(OC)cc(C(=O)N2CCOC(c3cccc(N)n3)C2)c1. The fourth-order valence-corrected chi connectivity index (χ4v) is 2.77. The molecule has 3 rings (SSSR count). The highest BCUT2D eigenvalue weighted by atomic mass is 16.5. The number of benzene rings is 1. The zero-order chi connectivity index (χ0) is 17.8. The number of rotatable bonds is 4. The van der Waals surface area contributed by atoms with E-state index in [1.807, 2.05) is 12.1 Å². The highest BCUT2D eigenvalue weighted by Gasteiger charge is 2.27. The standard InChI is InChI=1S/C18H21N3O4/c1-23-13-8-12(9-14(10-13)24-2)18(22)21-6-7-25-16(11-21)15-4-3-5-17(19)20-15/h3-5,8-10,16H,6-7,11H2,1-2H3,(H2,19,20). The third kappa shape index (κ3) is 3.83. The minimum atomic E-state index is -0.297. The van der Waals surface area contributed by atoms with E-state index in [1.165, 1.54) is 0 Å². The molecule has 7 heteroatoms. The second-order valence-electron chi connectivity index (χ2n) is 5.70. The summed E-state index contributed by atoms with van der Waals surface area (Å²) < 4.78 is 16.2. The Bertz CT molecular complexity index is 743. The van der Waals surface area contributed by atoms with Crippen molar-refractivity contribution in [1.29, 1.82) is 0 Å².